The third-order valence-electron chi connectivity index (χ3n) is 2.65. The Balaban J connectivity index is 2.47. The molecule has 0 spiro atoms. The highest BCUT2D eigenvalue weighted by Gasteiger charge is 2.11. The maximum absolute atomic E-state index is 11.7. The van der Waals surface area contributed by atoms with Crippen molar-refractivity contribution >= 4 is 11.6 Å². The van der Waals surface area contributed by atoms with Crippen molar-refractivity contribution in [1.82, 2.24) is 10.4 Å². The van der Waals surface area contributed by atoms with Gasteiger partial charge in [-0.05, 0) is 12.1 Å². The van der Waals surface area contributed by atoms with E-state index in [0.29, 0.717) is 11.3 Å². The summed E-state index contributed by atoms with van der Waals surface area (Å²) in [6.07, 6.45) is 0. The lowest BCUT2D eigenvalue weighted by Crippen LogP contribution is -2.34. The Hall–Kier alpha value is -3.00. The number of benzene rings is 1. The molecule has 0 saturated carbocycles. The van der Waals surface area contributed by atoms with Crippen LogP contribution in [-0.4, -0.2) is 15.8 Å². The Bertz CT molecular complexity index is 738. The maximum Gasteiger partial charge on any atom is 0.270 e. The second kappa shape index (κ2) is 5.33. The van der Waals surface area contributed by atoms with Crippen LogP contribution in [0, 0.1) is 10.1 Å². The van der Waals surface area contributed by atoms with Gasteiger partial charge in [-0.1, -0.05) is 12.1 Å². The molecule has 20 heavy (non-hydrogen) atoms. The summed E-state index contributed by atoms with van der Waals surface area (Å²) in [6.45, 7) is 0. The Morgan fingerprint density at radius 1 is 1.30 bits per heavy atom. The van der Waals surface area contributed by atoms with E-state index in [9.17, 15) is 19.7 Å². The predicted octanol–water partition coefficient (Wildman–Crippen LogP) is 0.554. The fraction of sp³-hybridized carbons (Fsp3) is 0. The number of nitro groups is 1. The first-order valence-electron chi connectivity index (χ1n) is 5.52. The quantitative estimate of drug-likeness (QED) is 0.325. The lowest BCUT2D eigenvalue weighted by molar-refractivity contribution is -0.384. The number of nitro benzene ring substituents is 1. The number of nitrogens with zero attached hydrogens (tertiary/aromatic N) is 1. The molecule has 4 N–H and O–H groups in total. The topological polar surface area (TPSA) is 131 Å². The minimum atomic E-state index is -0.711. The largest absolute Gasteiger partial charge is 0.321 e. The number of carbonyl (C=O) groups excluding carboxylic acids is 1. The molecule has 1 amide bonds. The molecular weight excluding hydrogens is 264 g/mol. The molecule has 8 heteroatoms. The van der Waals surface area contributed by atoms with Gasteiger partial charge in [0.05, 0.1) is 4.92 Å². The van der Waals surface area contributed by atoms with Crippen molar-refractivity contribution in [1.29, 1.82) is 0 Å². The van der Waals surface area contributed by atoms with E-state index in [2.05, 4.69) is 4.98 Å². The lowest BCUT2D eigenvalue weighted by atomic mass is 10.1. The third-order valence-corrected chi connectivity index (χ3v) is 2.65. The van der Waals surface area contributed by atoms with Gasteiger partial charge in [0.2, 0.25) is 0 Å². The molecule has 0 unspecified atom stereocenters. The first kappa shape index (κ1) is 13.4. The molecule has 0 aliphatic rings. The number of carbonyl (C=O) groups is 1. The molecule has 0 radical (unpaired) electrons. The van der Waals surface area contributed by atoms with Crippen molar-refractivity contribution < 1.29 is 9.72 Å². The van der Waals surface area contributed by atoms with Crippen LogP contribution >= 0.6 is 0 Å². The lowest BCUT2D eigenvalue weighted by Gasteiger charge is -2.03. The van der Waals surface area contributed by atoms with Gasteiger partial charge in [-0.3, -0.25) is 25.1 Å². The van der Waals surface area contributed by atoms with Crippen LogP contribution in [0.3, 0.4) is 0 Å². The molecule has 1 heterocycles. The summed E-state index contributed by atoms with van der Waals surface area (Å²) in [4.78, 5) is 35.7. The van der Waals surface area contributed by atoms with Gasteiger partial charge in [-0.2, -0.15) is 0 Å². The number of nitrogen functional groups attached to an aromatic ring is 1. The second-order valence-electron chi connectivity index (χ2n) is 3.90. The van der Waals surface area contributed by atoms with Gasteiger partial charge in [0.15, 0.2) is 0 Å². The number of aromatic amines is 1. The minimum absolute atomic E-state index is 0.0906. The van der Waals surface area contributed by atoms with Gasteiger partial charge < -0.3 is 4.98 Å². The van der Waals surface area contributed by atoms with Crippen molar-refractivity contribution in [2.45, 2.75) is 0 Å². The van der Waals surface area contributed by atoms with Crippen LogP contribution < -0.4 is 16.8 Å². The number of nitrogens with one attached hydrogen (secondary N) is 2. The number of hydrogen-bond donors (Lipinski definition) is 3. The van der Waals surface area contributed by atoms with Gasteiger partial charge in [0.1, 0.15) is 5.56 Å². The summed E-state index contributed by atoms with van der Waals surface area (Å²) in [6, 6.07) is 8.57. The number of rotatable bonds is 3. The third kappa shape index (κ3) is 2.54. The van der Waals surface area contributed by atoms with E-state index in [0.717, 1.165) is 0 Å². The van der Waals surface area contributed by atoms with E-state index in [-0.39, 0.29) is 11.3 Å². The van der Waals surface area contributed by atoms with Crippen LogP contribution in [0.1, 0.15) is 10.4 Å². The van der Waals surface area contributed by atoms with Gasteiger partial charge in [-0.25, -0.2) is 5.84 Å². The summed E-state index contributed by atoms with van der Waals surface area (Å²) >= 11 is 0. The zero-order chi connectivity index (χ0) is 14.7. The van der Waals surface area contributed by atoms with Crippen molar-refractivity contribution in [2.24, 2.45) is 5.84 Å². The number of pyridine rings is 1. The second-order valence-corrected chi connectivity index (χ2v) is 3.90. The monoisotopic (exact) mass is 274 g/mol. The van der Waals surface area contributed by atoms with Crippen LogP contribution in [0.15, 0.2) is 41.2 Å². The highest BCUT2D eigenvalue weighted by Crippen LogP contribution is 2.21. The average Bonchev–Trinajstić information content (AvgIpc) is 2.46. The molecule has 2 aromatic rings. The number of amides is 1. The van der Waals surface area contributed by atoms with Crippen molar-refractivity contribution in [3.05, 3.63) is 62.4 Å². The maximum atomic E-state index is 11.7. The fourth-order valence-electron chi connectivity index (χ4n) is 1.69. The number of non-ortho nitro benzene ring substituents is 1. The molecule has 8 nitrogen and oxygen atoms in total. The molecule has 0 saturated heterocycles. The van der Waals surface area contributed by atoms with E-state index in [1.807, 2.05) is 5.43 Å². The highest BCUT2D eigenvalue weighted by molar-refractivity contribution is 5.93. The first-order valence-corrected chi connectivity index (χ1v) is 5.52. The van der Waals surface area contributed by atoms with Gasteiger partial charge >= 0.3 is 0 Å². The van der Waals surface area contributed by atoms with Crippen LogP contribution in [-0.2, 0) is 0 Å². The molecule has 2 rings (SSSR count). The molecule has 0 bridgehead atoms. The normalized spacial score (nSPS) is 10.1. The fourth-order valence-corrected chi connectivity index (χ4v) is 1.69. The smallest absolute Gasteiger partial charge is 0.270 e. The summed E-state index contributed by atoms with van der Waals surface area (Å²) in [5, 5.41) is 10.7. The molecule has 102 valence electrons. The average molecular weight is 274 g/mol. The molecule has 0 aliphatic heterocycles. The SMILES string of the molecule is NNC(=O)c1ccc(-c2cccc([N+](=O)[O-])c2)[nH]c1=O. The van der Waals surface area contributed by atoms with Crippen molar-refractivity contribution in [2.75, 3.05) is 0 Å². The predicted molar refractivity (Wildman–Crippen MR) is 70.8 cm³/mol. The van der Waals surface area contributed by atoms with Crippen molar-refractivity contribution in [3.8, 4) is 11.3 Å². The number of nitrogens with two attached hydrogens (primary N) is 1. The summed E-state index contributed by atoms with van der Waals surface area (Å²) in [7, 11) is 0. The number of H-pyrrole nitrogens is 1. The zero-order valence-corrected chi connectivity index (χ0v) is 10.1. The standard InChI is InChI=1S/C12H10N4O4/c13-15-12(18)9-4-5-10(14-11(9)17)7-2-1-3-8(6-7)16(19)20/h1-6H,13H2,(H,14,17)(H,15,18). The molecule has 0 fully saturated rings. The molecule has 1 aromatic heterocycles. The van der Waals surface area contributed by atoms with E-state index in [4.69, 9.17) is 5.84 Å². The van der Waals surface area contributed by atoms with E-state index in [1.54, 1.807) is 6.07 Å². The zero-order valence-electron chi connectivity index (χ0n) is 10.1. The Morgan fingerprint density at radius 3 is 2.65 bits per heavy atom. The van der Waals surface area contributed by atoms with Crippen LogP contribution in [0.5, 0.6) is 0 Å². The number of hydrogen-bond acceptors (Lipinski definition) is 5. The van der Waals surface area contributed by atoms with Gasteiger partial charge in [-0.15, -0.1) is 0 Å². The Kier molecular flexibility index (Phi) is 3.58. The minimum Gasteiger partial charge on any atom is -0.321 e. The molecular formula is C12H10N4O4. The number of aromatic nitrogens is 1. The van der Waals surface area contributed by atoms with Crippen LogP contribution in [0.4, 0.5) is 5.69 Å². The highest BCUT2D eigenvalue weighted by atomic mass is 16.6. The van der Waals surface area contributed by atoms with Crippen LogP contribution in [0.25, 0.3) is 11.3 Å². The molecule has 0 atom stereocenters. The summed E-state index contributed by atoms with van der Waals surface area (Å²) < 4.78 is 0. The Labute approximate surface area is 112 Å². The summed E-state index contributed by atoms with van der Waals surface area (Å²) in [5.41, 5.74) is 1.84. The van der Waals surface area contributed by atoms with Gasteiger partial charge in [0, 0.05) is 23.4 Å². The Morgan fingerprint density at radius 2 is 2.05 bits per heavy atom. The van der Waals surface area contributed by atoms with E-state index >= 15 is 0 Å². The summed E-state index contributed by atoms with van der Waals surface area (Å²) in [5.74, 6) is 4.24. The van der Waals surface area contributed by atoms with E-state index < -0.39 is 16.4 Å². The van der Waals surface area contributed by atoms with Crippen molar-refractivity contribution in [3.63, 3.8) is 0 Å². The molecule has 1 aromatic carbocycles. The van der Waals surface area contributed by atoms with Crippen LogP contribution in [0.2, 0.25) is 0 Å². The number of hydrazine groups is 1. The molecule has 0 aliphatic carbocycles. The first-order chi connectivity index (χ1) is 9.52. The van der Waals surface area contributed by atoms with Gasteiger partial charge in [0.25, 0.3) is 17.2 Å². The van der Waals surface area contributed by atoms with E-state index in [1.165, 1.54) is 30.3 Å².